The summed E-state index contributed by atoms with van der Waals surface area (Å²) in [6.45, 7) is -0.474. The molecule has 0 aromatic heterocycles. The van der Waals surface area contributed by atoms with Crippen molar-refractivity contribution < 1.29 is 22.8 Å². The van der Waals surface area contributed by atoms with Crippen LogP contribution in [-0.2, 0) is 9.59 Å². The van der Waals surface area contributed by atoms with E-state index in [0.29, 0.717) is 11.3 Å². The molecule has 0 spiro atoms. The fraction of sp³-hybridized carbons (Fsp3) is 0.667. The number of alkyl halides is 3. The van der Waals surface area contributed by atoms with Crippen LogP contribution < -0.4 is 5.32 Å². The van der Waals surface area contributed by atoms with E-state index in [-0.39, 0.29) is 6.54 Å². The van der Waals surface area contributed by atoms with Crippen LogP contribution in [-0.4, -0.2) is 42.5 Å². The van der Waals surface area contributed by atoms with Gasteiger partial charge < -0.3 is 10.2 Å². The lowest BCUT2D eigenvalue weighted by molar-refractivity contribution is -0.164. The second-order valence-corrected chi connectivity index (χ2v) is 3.18. The molecule has 0 aliphatic rings. The van der Waals surface area contributed by atoms with E-state index in [2.05, 4.69) is 0 Å². The molecule has 17 heavy (non-hydrogen) atoms. The highest BCUT2D eigenvalue weighted by Gasteiger charge is 2.34. The van der Waals surface area contributed by atoms with Gasteiger partial charge in [-0.15, -0.1) is 0 Å². The van der Waals surface area contributed by atoms with E-state index in [4.69, 9.17) is 5.26 Å². The van der Waals surface area contributed by atoms with Crippen LogP contribution in [0.1, 0.15) is 13.3 Å². The smallest absolute Gasteiger partial charge is 0.335 e. The molecule has 0 bridgehead atoms. The summed E-state index contributed by atoms with van der Waals surface area (Å²) < 4.78 is 36.4. The number of nitriles is 1. The maximum Gasteiger partial charge on any atom is 0.406 e. The molecule has 0 heterocycles. The first-order valence-corrected chi connectivity index (χ1v) is 4.82. The van der Waals surface area contributed by atoms with Gasteiger partial charge in [-0.2, -0.15) is 18.4 Å². The maximum atomic E-state index is 12.1. The topological polar surface area (TPSA) is 73.2 Å². The van der Waals surface area contributed by atoms with Crippen molar-refractivity contribution in [1.82, 2.24) is 10.2 Å². The third kappa shape index (κ3) is 6.40. The highest BCUT2D eigenvalue weighted by atomic mass is 19.4. The zero-order valence-corrected chi connectivity index (χ0v) is 9.17. The first-order valence-electron chi connectivity index (χ1n) is 4.82. The van der Waals surface area contributed by atoms with Crippen molar-refractivity contribution in [2.45, 2.75) is 19.5 Å². The number of nitrogens with one attached hydrogen (secondary N) is 1. The van der Waals surface area contributed by atoms with Crippen molar-refractivity contribution in [2.75, 3.05) is 19.6 Å². The molecule has 5 nitrogen and oxygen atoms in total. The van der Waals surface area contributed by atoms with E-state index in [1.807, 2.05) is 5.32 Å². The summed E-state index contributed by atoms with van der Waals surface area (Å²) in [5.41, 5.74) is 0. The standard InChI is InChI=1S/C9H12F3N3O2/c1-2-5-15(6-9(10,11)12)8(17)7(16)14-4-3-13/h2,4-6H2,1H3,(H,14,16). The van der Waals surface area contributed by atoms with Crippen molar-refractivity contribution >= 4 is 11.8 Å². The van der Waals surface area contributed by atoms with Gasteiger partial charge in [0, 0.05) is 6.54 Å². The van der Waals surface area contributed by atoms with Gasteiger partial charge in [-0.3, -0.25) is 9.59 Å². The van der Waals surface area contributed by atoms with Crippen LogP contribution in [0.4, 0.5) is 13.2 Å². The average Bonchev–Trinajstić information content (AvgIpc) is 2.22. The fourth-order valence-corrected chi connectivity index (χ4v) is 1.08. The van der Waals surface area contributed by atoms with Crippen molar-refractivity contribution in [3.63, 3.8) is 0 Å². The number of hydrogen-bond acceptors (Lipinski definition) is 3. The van der Waals surface area contributed by atoms with Gasteiger partial charge in [0.1, 0.15) is 13.1 Å². The van der Waals surface area contributed by atoms with E-state index < -0.39 is 31.1 Å². The minimum atomic E-state index is -4.56. The molecule has 0 aliphatic carbocycles. The Kier molecular flexibility index (Phi) is 6.02. The predicted octanol–water partition coefficient (Wildman–Crippen LogP) is 0.427. The summed E-state index contributed by atoms with van der Waals surface area (Å²) >= 11 is 0. The van der Waals surface area contributed by atoms with Crippen molar-refractivity contribution in [3.8, 4) is 6.07 Å². The van der Waals surface area contributed by atoms with E-state index in [1.54, 1.807) is 13.0 Å². The Balaban J connectivity index is 4.54. The normalized spacial score (nSPS) is 10.5. The molecule has 0 fully saturated rings. The quantitative estimate of drug-likeness (QED) is 0.581. The van der Waals surface area contributed by atoms with Crippen LogP contribution in [0.15, 0.2) is 0 Å². The average molecular weight is 251 g/mol. The Bertz CT molecular complexity index is 322. The number of carbonyl (C=O) groups excluding carboxylic acids is 2. The Morgan fingerprint density at radius 1 is 1.41 bits per heavy atom. The molecule has 8 heteroatoms. The minimum absolute atomic E-state index is 0.168. The Morgan fingerprint density at radius 3 is 2.41 bits per heavy atom. The number of carbonyl (C=O) groups is 2. The van der Waals surface area contributed by atoms with Gasteiger partial charge in [0.25, 0.3) is 0 Å². The van der Waals surface area contributed by atoms with E-state index >= 15 is 0 Å². The summed E-state index contributed by atoms with van der Waals surface area (Å²) in [5, 5.41) is 10.1. The van der Waals surface area contributed by atoms with Crippen molar-refractivity contribution in [2.24, 2.45) is 0 Å². The molecule has 0 rings (SSSR count). The Labute approximate surface area is 96.2 Å². The van der Waals surface area contributed by atoms with Gasteiger partial charge in [-0.1, -0.05) is 6.92 Å². The van der Waals surface area contributed by atoms with E-state index in [1.165, 1.54) is 0 Å². The maximum absolute atomic E-state index is 12.1. The minimum Gasteiger partial charge on any atom is -0.335 e. The second-order valence-electron chi connectivity index (χ2n) is 3.18. The predicted molar refractivity (Wildman–Crippen MR) is 51.5 cm³/mol. The molecule has 0 radical (unpaired) electrons. The van der Waals surface area contributed by atoms with Crippen LogP contribution in [0.2, 0.25) is 0 Å². The summed E-state index contributed by atoms with van der Waals surface area (Å²) in [6, 6.07) is 1.55. The number of rotatable bonds is 4. The van der Waals surface area contributed by atoms with Crippen LogP contribution in [0.3, 0.4) is 0 Å². The molecule has 96 valence electrons. The SMILES string of the molecule is CCCN(CC(F)(F)F)C(=O)C(=O)NCC#N. The monoisotopic (exact) mass is 251 g/mol. The van der Waals surface area contributed by atoms with Crippen molar-refractivity contribution in [3.05, 3.63) is 0 Å². The number of hydrogen-bond donors (Lipinski definition) is 1. The van der Waals surface area contributed by atoms with Gasteiger partial charge in [0.2, 0.25) is 0 Å². The van der Waals surface area contributed by atoms with Crippen LogP contribution in [0.25, 0.3) is 0 Å². The summed E-state index contributed by atoms with van der Waals surface area (Å²) in [5.74, 6) is -2.48. The second kappa shape index (κ2) is 6.73. The molecular weight excluding hydrogens is 239 g/mol. The van der Waals surface area contributed by atoms with Crippen LogP contribution >= 0.6 is 0 Å². The molecular formula is C9H12F3N3O2. The van der Waals surface area contributed by atoms with E-state index in [9.17, 15) is 22.8 Å². The highest BCUT2D eigenvalue weighted by molar-refractivity contribution is 6.35. The zero-order valence-electron chi connectivity index (χ0n) is 9.17. The molecule has 0 aliphatic heterocycles. The number of halogens is 3. The summed E-state index contributed by atoms with van der Waals surface area (Å²) in [7, 11) is 0. The third-order valence-electron chi connectivity index (χ3n) is 1.67. The van der Waals surface area contributed by atoms with Crippen molar-refractivity contribution in [1.29, 1.82) is 5.26 Å². The molecule has 2 amide bonds. The molecule has 0 saturated carbocycles. The third-order valence-corrected chi connectivity index (χ3v) is 1.67. The zero-order chi connectivity index (χ0) is 13.5. The Morgan fingerprint density at radius 2 is 2.00 bits per heavy atom. The lowest BCUT2D eigenvalue weighted by atomic mass is 10.3. The van der Waals surface area contributed by atoms with Gasteiger partial charge in [-0.25, -0.2) is 0 Å². The van der Waals surface area contributed by atoms with E-state index in [0.717, 1.165) is 0 Å². The molecule has 0 atom stereocenters. The fourth-order valence-electron chi connectivity index (χ4n) is 1.08. The number of amides is 2. The van der Waals surface area contributed by atoms with Gasteiger partial charge >= 0.3 is 18.0 Å². The first-order chi connectivity index (χ1) is 7.81. The van der Waals surface area contributed by atoms with Crippen LogP contribution in [0.5, 0.6) is 0 Å². The van der Waals surface area contributed by atoms with Gasteiger partial charge in [0.05, 0.1) is 6.07 Å². The largest absolute Gasteiger partial charge is 0.406 e. The summed E-state index contributed by atoms with van der Waals surface area (Å²) in [4.78, 5) is 22.8. The first kappa shape index (κ1) is 15.2. The molecule has 0 aromatic carbocycles. The van der Waals surface area contributed by atoms with Gasteiger partial charge in [0.15, 0.2) is 0 Å². The van der Waals surface area contributed by atoms with Gasteiger partial charge in [-0.05, 0) is 6.42 Å². The highest BCUT2D eigenvalue weighted by Crippen LogP contribution is 2.16. The molecule has 0 unspecified atom stereocenters. The number of nitrogens with zero attached hydrogens (tertiary/aromatic N) is 2. The van der Waals surface area contributed by atoms with Crippen LogP contribution in [0, 0.1) is 11.3 Å². The summed E-state index contributed by atoms with van der Waals surface area (Å²) in [6.07, 6.45) is -4.26. The molecule has 0 aromatic rings. The molecule has 1 N–H and O–H groups in total. The Hall–Kier alpha value is -1.78. The lowest BCUT2D eigenvalue weighted by Gasteiger charge is -2.22. The molecule has 0 saturated heterocycles. The lowest BCUT2D eigenvalue weighted by Crippen LogP contribution is -2.47.